The summed E-state index contributed by atoms with van der Waals surface area (Å²) in [6, 6.07) is 8.80. The fraction of sp³-hybridized carbons (Fsp3) is 0.154. The van der Waals surface area contributed by atoms with Crippen molar-refractivity contribution in [3.05, 3.63) is 40.9 Å². The van der Waals surface area contributed by atoms with Gasteiger partial charge in [0.25, 0.3) is 0 Å². The Kier molecular flexibility index (Phi) is 3.53. The Balaban J connectivity index is 1.75. The Morgan fingerprint density at radius 2 is 1.90 bits per heavy atom. The van der Waals surface area contributed by atoms with E-state index in [1.165, 1.54) is 17.8 Å². The van der Waals surface area contributed by atoms with Crippen molar-refractivity contribution in [2.24, 2.45) is 0 Å². The van der Waals surface area contributed by atoms with Crippen molar-refractivity contribution < 1.29 is 4.42 Å². The van der Waals surface area contributed by atoms with Gasteiger partial charge in [-0.25, -0.2) is 14.8 Å². The van der Waals surface area contributed by atoms with Gasteiger partial charge in [0, 0.05) is 18.4 Å². The van der Waals surface area contributed by atoms with E-state index in [0.29, 0.717) is 34.7 Å². The molecule has 0 bridgehead atoms. The van der Waals surface area contributed by atoms with Crippen molar-refractivity contribution in [2.75, 3.05) is 17.2 Å². The Morgan fingerprint density at radius 1 is 1.19 bits per heavy atom. The van der Waals surface area contributed by atoms with Crippen LogP contribution in [0.1, 0.15) is 0 Å². The lowest BCUT2D eigenvalue weighted by molar-refractivity contribution is 0.514. The van der Waals surface area contributed by atoms with Crippen molar-refractivity contribution in [3.8, 4) is 0 Å². The van der Waals surface area contributed by atoms with Crippen molar-refractivity contribution in [3.63, 3.8) is 0 Å². The van der Waals surface area contributed by atoms with Gasteiger partial charge in [0.05, 0.1) is 5.52 Å². The first-order valence-electron chi connectivity index (χ1n) is 6.25. The molecule has 2 aromatic heterocycles. The van der Waals surface area contributed by atoms with E-state index < -0.39 is 0 Å². The average Bonchev–Trinajstić information content (AvgIpc) is 2.74. The first kappa shape index (κ1) is 13.5. The molecule has 0 atom stereocenters. The van der Waals surface area contributed by atoms with Crippen LogP contribution in [0, 0.1) is 0 Å². The van der Waals surface area contributed by atoms with E-state index in [1.54, 1.807) is 10.6 Å². The molecule has 0 radical (unpaired) electrons. The van der Waals surface area contributed by atoms with Crippen LogP contribution in [-0.2, 0) is 6.54 Å². The predicted octanol–water partition coefficient (Wildman–Crippen LogP) is 1.34. The first-order valence-corrected chi connectivity index (χ1v) is 7.23. The van der Waals surface area contributed by atoms with Gasteiger partial charge < -0.3 is 15.9 Å². The Bertz CT molecular complexity index is 822. The maximum atomic E-state index is 11.8. The summed E-state index contributed by atoms with van der Waals surface area (Å²) in [4.78, 5) is 20.0. The molecule has 0 aliphatic carbocycles. The number of benzene rings is 1. The molecule has 0 amide bonds. The number of aryl methyl sites for hydroxylation is 1. The van der Waals surface area contributed by atoms with Crippen LogP contribution >= 0.6 is 11.8 Å². The van der Waals surface area contributed by atoms with Gasteiger partial charge in [-0.1, -0.05) is 23.9 Å². The van der Waals surface area contributed by atoms with Gasteiger partial charge in [0.2, 0.25) is 0 Å². The molecule has 8 heteroatoms. The van der Waals surface area contributed by atoms with E-state index in [4.69, 9.17) is 15.9 Å². The molecule has 0 saturated heterocycles. The van der Waals surface area contributed by atoms with E-state index in [-0.39, 0.29) is 5.76 Å². The summed E-state index contributed by atoms with van der Waals surface area (Å²) in [5.74, 6) is 0.892. The number of anilines is 2. The Morgan fingerprint density at radius 3 is 2.67 bits per heavy atom. The summed E-state index contributed by atoms with van der Waals surface area (Å²) in [6.45, 7) is 0.485. The van der Waals surface area contributed by atoms with Gasteiger partial charge in [-0.15, -0.1) is 0 Å². The number of aromatic nitrogens is 3. The molecule has 7 nitrogen and oxygen atoms in total. The smallest absolute Gasteiger partial charge is 0.408 e. The fourth-order valence-electron chi connectivity index (χ4n) is 1.98. The molecule has 1 aromatic carbocycles. The number of para-hydroxylation sites is 2. The number of hydrogen-bond acceptors (Lipinski definition) is 7. The van der Waals surface area contributed by atoms with Crippen LogP contribution in [0.15, 0.2) is 44.7 Å². The monoisotopic (exact) mass is 303 g/mol. The van der Waals surface area contributed by atoms with Gasteiger partial charge in [-0.2, -0.15) is 0 Å². The zero-order valence-corrected chi connectivity index (χ0v) is 11.8. The van der Waals surface area contributed by atoms with Gasteiger partial charge in [-0.05, 0) is 12.1 Å². The van der Waals surface area contributed by atoms with E-state index in [2.05, 4.69) is 9.97 Å². The topological polar surface area (TPSA) is 113 Å². The van der Waals surface area contributed by atoms with Gasteiger partial charge in [-0.3, -0.25) is 4.57 Å². The zero-order valence-electron chi connectivity index (χ0n) is 11.0. The van der Waals surface area contributed by atoms with Crippen molar-refractivity contribution in [2.45, 2.75) is 11.7 Å². The van der Waals surface area contributed by atoms with E-state index in [0.717, 1.165) is 5.52 Å². The number of nitrogen functional groups attached to an aromatic ring is 2. The van der Waals surface area contributed by atoms with Crippen LogP contribution in [0.5, 0.6) is 0 Å². The molecular formula is C13H13N5O2S. The minimum absolute atomic E-state index is 0.330. The molecule has 2 heterocycles. The van der Waals surface area contributed by atoms with E-state index >= 15 is 0 Å². The van der Waals surface area contributed by atoms with Crippen molar-refractivity contribution >= 4 is 34.5 Å². The molecule has 0 fully saturated rings. The second-order valence-electron chi connectivity index (χ2n) is 4.34. The second kappa shape index (κ2) is 5.49. The van der Waals surface area contributed by atoms with E-state index in [9.17, 15) is 4.79 Å². The predicted molar refractivity (Wildman–Crippen MR) is 82.1 cm³/mol. The molecule has 3 rings (SSSR count). The quantitative estimate of drug-likeness (QED) is 0.552. The maximum Gasteiger partial charge on any atom is 0.419 e. The molecule has 108 valence electrons. The summed E-state index contributed by atoms with van der Waals surface area (Å²) in [7, 11) is 0. The molecule has 0 aliphatic rings. The standard InChI is InChI=1S/C13H13N5O2S/c14-10-7-11(15)17-12(16-10)21-6-5-18-8-3-1-2-4-9(8)20-13(18)19/h1-4,7H,5-6H2,(H4,14,15,16,17). The number of fused-ring (bicyclic) bond motifs is 1. The highest BCUT2D eigenvalue weighted by Crippen LogP contribution is 2.18. The molecule has 0 spiro atoms. The van der Waals surface area contributed by atoms with Gasteiger partial charge in [0.1, 0.15) is 11.6 Å². The molecular weight excluding hydrogens is 290 g/mol. The third-order valence-corrected chi connectivity index (χ3v) is 3.69. The van der Waals surface area contributed by atoms with Gasteiger partial charge in [0.15, 0.2) is 10.7 Å². The fourth-order valence-corrected chi connectivity index (χ4v) is 2.78. The number of nitrogens with zero attached hydrogens (tertiary/aromatic N) is 3. The SMILES string of the molecule is Nc1cc(N)nc(SCCn2c(=O)oc3ccccc32)n1. The largest absolute Gasteiger partial charge is 0.419 e. The summed E-state index contributed by atoms with van der Waals surface area (Å²) in [5, 5.41) is 0.494. The first-order chi connectivity index (χ1) is 10.1. The van der Waals surface area contributed by atoms with Crippen LogP contribution in [0.2, 0.25) is 0 Å². The average molecular weight is 303 g/mol. The summed E-state index contributed by atoms with van der Waals surface area (Å²) in [5.41, 5.74) is 12.6. The third-order valence-electron chi connectivity index (χ3n) is 2.87. The second-order valence-corrected chi connectivity index (χ2v) is 5.40. The molecule has 0 unspecified atom stereocenters. The Hall–Kier alpha value is -2.48. The van der Waals surface area contributed by atoms with E-state index in [1.807, 2.05) is 18.2 Å². The van der Waals surface area contributed by atoms with Crippen LogP contribution in [0.4, 0.5) is 11.6 Å². The number of nitrogens with two attached hydrogens (primary N) is 2. The van der Waals surface area contributed by atoms with Gasteiger partial charge >= 0.3 is 5.76 Å². The van der Waals surface area contributed by atoms with Crippen LogP contribution < -0.4 is 17.2 Å². The highest BCUT2D eigenvalue weighted by molar-refractivity contribution is 7.99. The lowest BCUT2D eigenvalue weighted by Gasteiger charge is -2.03. The number of hydrogen-bond donors (Lipinski definition) is 2. The minimum atomic E-state index is -0.371. The molecule has 21 heavy (non-hydrogen) atoms. The lowest BCUT2D eigenvalue weighted by Crippen LogP contribution is -2.15. The number of rotatable bonds is 4. The molecule has 4 N–H and O–H groups in total. The number of oxazole rings is 1. The van der Waals surface area contributed by atoms with Crippen molar-refractivity contribution in [1.29, 1.82) is 0 Å². The van der Waals surface area contributed by atoms with Crippen LogP contribution in [0.25, 0.3) is 11.1 Å². The summed E-state index contributed by atoms with van der Waals surface area (Å²) < 4.78 is 6.75. The summed E-state index contributed by atoms with van der Waals surface area (Å²) >= 11 is 1.38. The summed E-state index contributed by atoms with van der Waals surface area (Å²) in [6.07, 6.45) is 0. The maximum absolute atomic E-state index is 11.8. The van der Waals surface area contributed by atoms with Crippen LogP contribution in [0.3, 0.4) is 0 Å². The third kappa shape index (κ3) is 2.84. The molecule has 0 saturated carbocycles. The van der Waals surface area contributed by atoms with Crippen LogP contribution in [-0.4, -0.2) is 20.3 Å². The normalized spacial score (nSPS) is 11.0. The molecule has 3 aromatic rings. The zero-order chi connectivity index (χ0) is 14.8. The highest BCUT2D eigenvalue weighted by Gasteiger charge is 2.09. The van der Waals surface area contributed by atoms with Crippen molar-refractivity contribution in [1.82, 2.24) is 14.5 Å². The lowest BCUT2D eigenvalue weighted by atomic mass is 10.3. The molecule has 0 aliphatic heterocycles. The number of thioether (sulfide) groups is 1. The highest BCUT2D eigenvalue weighted by atomic mass is 32.2. The minimum Gasteiger partial charge on any atom is -0.408 e. The Labute approximate surface area is 124 Å².